The summed E-state index contributed by atoms with van der Waals surface area (Å²) in [5.41, 5.74) is 0. The monoisotopic (exact) mass is 167 g/mol. The van der Waals surface area contributed by atoms with Gasteiger partial charge >= 0.3 is 0 Å². The third-order valence-corrected chi connectivity index (χ3v) is 2.02. The Morgan fingerprint density at radius 3 is 3.17 bits per heavy atom. The first-order valence-electron chi connectivity index (χ1n) is 4.38. The van der Waals surface area contributed by atoms with Crippen LogP contribution in [0.15, 0.2) is 6.33 Å². The molecule has 1 heterocycles. The van der Waals surface area contributed by atoms with Crippen LogP contribution in [-0.2, 0) is 11.3 Å². The predicted molar refractivity (Wildman–Crippen MR) is 43.6 cm³/mol. The number of aromatic nitrogens is 3. The molecule has 0 aliphatic heterocycles. The molecule has 0 radical (unpaired) electrons. The predicted octanol–water partition coefficient (Wildman–Crippen LogP) is 1.15. The van der Waals surface area contributed by atoms with Crippen molar-refractivity contribution in [1.29, 1.82) is 0 Å². The Kier molecular flexibility index (Phi) is 2.08. The maximum atomic E-state index is 5.27. The lowest BCUT2D eigenvalue weighted by Gasteiger charge is -2.03. The van der Waals surface area contributed by atoms with Crippen LogP contribution in [0.25, 0.3) is 0 Å². The van der Waals surface area contributed by atoms with Gasteiger partial charge in [-0.15, -0.1) is 10.2 Å². The van der Waals surface area contributed by atoms with Gasteiger partial charge in [-0.05, 0) is 19.8 Å². The minimum atomic E-state index is 0.590. The molecule has 0 spiro atoms. The van der Waals surface area contributed by atoms with Gasteiger partial charge in [0.05, 0.1) is 0 Å². The number of nitrogens with zero attached hydrogens (tertiary/aromatic N) is 3. The van der Waals surface area contributed by atoms with Crippen molar-refractivity contribution in [3.63, 3.8) is 0 Å². The van der Waals surface area contributed by atoms with E-state index in [1.54, 1.807) is 6.33 Å². The van der Waals surface area contributed by atoms with Crippen LogP contribution in [0.3, 0.4) is 0 Å². The summed E-state index contributed by atoms with van der Waals surface area (Å²) in [6.07, 6.45) is 4.32. The van der Waals surface area contributed by atoms with Crippen molar-refractivity contribution in [3.8, 4) is 0 Å². The Hall–Kier alpha value is -0.900. The van der Waals surface area contributed by atoms with Crippen molar-refractivity contribution in [2.24, 2.45) is 0 Å². The highest BCUT2D eigenvalue weighted by atomic mass is 16.5. The van der Waals surface area contributed by atoms with Crippen LogP contribution in [0.2, 0.25) is 0 Å². The molecule has 66 valence electrons. The molecule has 0 saturated heterocycles. The van der Waals surface area contributed by atoms with E-state index in [1.165, 1.54) is 12.8 Å². The van der Waals surface area contributed by atoms with Crippen LogP contribution in [0.4, 0.5) is 0 Å². The van der Waals surface area contributed by atoms with Crippen LogP contribution in [0.1, 0.15) is 31.6 Å². The highest BCUT2D eigenvalue weighted by molar-refractivity contribution is 4.93. The average Bonchev–Trinajstić information content (AvgIpc) is 2.83. The van der Waals surface area contributed by atoms with E-state index in [4.69, 9.17) is 4.74 Å². The molecule has 0 amide bonds. The molecule has 1 aliphatic carbocycles. The van der Waals surface area contributed by atoms with Crippen molar-refractivity contribution in [2.75, 3.05) is 6.61 Å². The molecule has 0 N–H and O–H groups in total. The molecule has 2 rings (SSSR count). The van der Waals surface area contributed by atoms with Gasteiger partial charge in [-0.3, -0.25) is 0 Å². The summed E-state index contributed by atoms with van der Waals surface area (Å²) in [6, 6.07) is 0.649. The van der Waals surface area contributed by atoms with Crippen LogP contribution in [0.5, 0.6) is 0 Å². The molecule has 1 aromatic rings. The van der Waals surface area contributed by atoms with Crippen molar-refractivity contribution in [1.82, 2.24) is 14.8 Å². The van der Waals surface area contributed by atoms with Gasteiger partial charge < -0.3 is 9.30 Å². The van der Waals surface area contributed by atoms with Gasteiger partial charge in [0.2, 0.25) is 0 Å². The third-order valence-electron chi connectivity index (χ3n) is 2.02. The van der Waals surface area contributed by atoms with Crippen LogP contribution in [-0.4, -0.2) is 21.4 Å². The summed E-state index contributed by atoms with van der Waals surface area (Å²) >= 11 is 0. The van der Waals surface area contributed by atoms with E-state index in [9.17, 15) is 0 Å². The Balaban J connectivity index is 2.03. The largest absolute Gasteiger partial charge is 0.374 e. The smallest absolute Gasteiger partial charge is 0.159 e. The molecule has 1 saturated carbocycles. The molecule has 1 aliphatic rings. The van der Waals surface area contributed by atoms with Gasteiger partial charge in [-0.1, -0.05) is 0 Å². The van der Waals surface area contributed by atoms with Crippen molar-refractivity contribution in [3.05, 3.63) is 12.2 Å². The Bertz CT molecular complexity index is 255. The minimum Gasteiger partial charge on any atom is -0.374 e. The SMILES string of the molecule is CCOCc1nncn1C1CC1. The summed E-state index contributed by atoms with van der Waals surface area (Å²) in [7, 11) is 0. The molecule has 4 nitrogen and oxygen atoms in total. The minimum absolute atomic E-state index is 0.590. The zero-order valence-electron chi connectivity index (χ0n) is 7.23. The molecule has 4 heteroatoms. The lowest BCUT2D eigenvalue weighted by atomic mass is 10.5. The van der Waals surface area contributed by atoms with Crippen molar-refractivity contribution >= 4 is 0 Å². The fourth-order valence-corrected chi connectivity index (χ4v) is 1.22. The summed E-state index contributed by atoms with van der Waals surface area (Å²) in [5, 5.41) is 7.87. The second-order valence-corrected chi connectivity index (χ2v) is 3.02. The molecule has 1 aromatic heterocycles. The first kappa shape index (κ1) is 7.73. The number of ether oxygens (including phenoxy) is 1. The lowest BCUT2D eigenvalue weighted by Crippen LogP contribution is -2.03. The molecule has 0 atom stereocenters. The summed E-state index contributed by atoms with van der Waals surface area (Å²) in [5.74, 6) is 0.958. The summed E-state index contributed by atoms with van der Waals surface area (Å²) < 4.78 is 7.39. The number of rotatable bonds is 4. The van der Waals surface area contributed by atoms with Crippen molar-refractivity contribution < 1.29 is 4.74 Å². The van der Waals surface area contributed by atoms with Gasteiger partial charge in [0.25, 0.3) is 0 Å². The molecule has 0 bridgehead atoms. The molecule has 0 aromatic carbocycles. The van der Waals surface area contributed by atoms with Gasteiger partial charge in [0.1, 0.15) is 12.9 Å². The van der Waals surface area contributed by atoms with E-state index < -0.39 is 0 Å². The molecule has 1 fully saturated rings. The van der Waals surface area contributed by atoms with E-state index in [0.29, 0.717) is 12.6 Å². The fraction of sp³-hybridized carbons (Fsp3) is 0.750. The summed E-state index contributed by atoms with van der Waals surface area (Å²) in [4.78, 5) is 0. The highest BCUT2D eigenvalue weighted by Crippen LogP contribution is 2.35. The van der Waals surface area contributed by atoms with E-state index in [0.717, 1.165) is 12.4 Å². The van der Waals surface area contributed by atoms with Gasteiger partial charge in [0.15, 0.2) is 5.82 Å². The number of hydrogen-bond donors (Lipinski definition) is 0. The zero-order valence-corrected chi connectivity index (χ0v) is 7.23. The summed E-state index contributed by atoms with van der Waals surface area (Å²) in [6.45, 7) is 3.31. The standard InChI is InChI=1S/C8H13N3O/c1-2-12-5-8-10-9-6-11(8)7-3-4-7/h6-7H,2-5H2,1H3. The first-order chi connectivity index (χ1) is 5.92. The van der Waals surface area contributed by atoms with Crippen LogP contribution in [0, 0.1) is 0 Å². The van der Waals surface area contributed by atoms with Crippen molar-refractivity contribution in [2.45, 2.75) is 32.4 Å². The Labute approximate surface area is 71.6 Å². The van der Waals surface area contributed by atoms with Gasteiger partial charge in [0, 0.05) is 12.6 Å². The zero-order chi connectivity index (χ0) is 8.39. The van der Waals surface area contributed by atoms with E-state index in [2.05, 4.69) is 14.8 Å². The van der Waals surface area contributed by atoms with Crippen LogP contribution >= 0.6 is 0 Å². The van der Waals surface area contributed by atoms with Crippen LogP contribution < -0.4 is 0 Å². The van der Waals surface area contributed by atoms with E-state index >= 15 is 0 Å². The quantitative estimate of drug-likeness (QED) is 0.675. The van der Waals surface area contributed by atoms with E-state index in [1.807, 2.05) is 6.92 Å². The Morgan fingerprint density at radius 2 is 2.50 bits per heavy atom. The highest BCUT2D eigenvalue weighted by Gasteiger charge is 2.25. The number of hydrogen-bond acceptors (Lipinski definition) is 3. The van der Waals surface area contributed by atoms with E-state index in [-0.39, 0.29) is 0 Å². The topological polar surface area (TPSA) is 39.9 Å². The molecule has 0 unspecified atom stereocenters. The second-order valence-electron chi connectivity index (χ2n) is 3.02. The Morgan fingerprint density at radius 1 is 1.67 bits per heavy atom. The maximum Gasteiger partial charge on any atom is 0.159 e. The first-order valence-corrected chi connectivity index (χ1v) is 4.38. The molecule has 12 heavy (non-hydrogen) atoms. The fourth-order valence-electron chi connectivity index (χ4n) is 1.22. The third kappa shape index (κ3) is 1.48. The lowest BCUT2D eigenvalue weighted by molar-refractivity contribution is 0.125. The maximum absolute atomic E-state index is 5.27. The van der Waals surface area contributed by atoms with Gasteiger partial charge in [-0.2, -0.15) is 0 Å². The molecular formula is C8H13N3O. The normalized spacial score (nSPS) is 16.8. The average molecular weight is 167 g/mol. The van der Waals surface area contributed by atoms with Gasteiger partial charge in [-0.25, -0.2) is 0 Å². The molecular weight excluding hydrogens is 154 g/mol. The second kappa shape index (κ2) is 3.23.